The summed E-state index contributed by atoms with van der Waals surface area (Å²) in [6.07, 6.45) is 2.28. The molecule has 3 aromatic rings. The summed E-state index contributed by atoms with van der Waals surface area (Å²) in [5.74, 6) is 0.507. The smallest absolute Gasteiger partial charge is 0.277 e. The number of rotatable bonds is 4. The van der Waals surface area contributed by atoms with Gasteiger partial charge in [-0.2, -0.15) is 0 Å². The Morgan fingerprint density at radius 3 is 2.78 bits per heavy atom. The normalized spacial score (nSPS) is 15.5. The van der Waals surface area contributed by atoms with Crippen molar-refractivity contribution in [1.29, 1.82) is 0 Å². The molecule has 0 bridgehead atoms. The van der Waals surface area contributed by atoms with Crippen molar-refractivity contribution in [2.24, 2.45) is 0 Å². The molecule has 27 heavy (non-hydrogen) atoms. The van der Waals surface area contributed by atoms with Gasteiger partial charge in [0, 0.05) is 29.4 Å². The molecule has 0 aliphatic carbocycles. The zero-order valence-corrected chi connectivity index (χ0v) is 15.6. The summed E-state index contributed by atoms with van der Waals surface area (Å²) in [6, 6.07) is 17.4. The highest BCUT2D eigenvalue weighted by molar-refractivity contribution is 6.30. The highest BCUT2D eigenvalue weighted by atomic mass is 35.5. The highest BCUT2D eigenvalue weighted by Gasteiger charge is 2.31. The Hall–Kier alpha value is -2.92. The molecule has 1 aliphatic heterocycles. The number of carbonyl (C=O) groups is 1. The lowest BCUT2D eigenvalue weighted by Crippen LogP contribution is -2.36. The second-order valence-corrected chi connectivity index (χ2v) is 7.06. The quantitative estimate of drug-likeness (QED) is 0.734. The zero-order chi connectivity index (χ0) is 18.8. The fourth-order valence-corrected chi connectivity index (χ4v) is 3.49. The van der Waals surface area contributed by atoms with Crippen molar-refractivity contribution < 1.29 is 4.79 Å². The summed E-state index contributed by atoms with van der Waals surface area (Å²) in [6.45, 7) is 2.64. The van der Waals surface area contributed by atoms with Crippen LogP contribution in [-0.2, 0) is 13.0 Å². The Kier molecular flexibility index (Phi) is 4.77. The predicted molar refractivity (Wildman–Crippen MR) is 107 cm³/mol. The predicted octanol–water partition coefficient (Wildman–Crippen LogP) is 4.33. The summed E-state index contributed by atoms with van der Waals surface area (Å²) in [4.78, 5) is 23.3. The number of benzene rings is 2. The summed E-state index contributed by atoms with van der Waals surface area (Å²) >= 11 is 5.91. The molecule has 5 nitrogen and oxygen atoms in total. The summed E-state index contributed by atoms with van der Waals surface area (Å²) in [5.41, 5.74) is 3.61. The van der Waals surface area contributed by atoms with Gasteiger partial charge in [-0.3, -0.25) is 4.79 Å². The Labute approximate surface area is 163 Å². The van der Waals surface area contributed by atoms with Crippen molar-refractivity contribution in [3.63, 3.8) is 0 Å². The zero-order valence-electron chi connectivity index (χ0n) is 14.9. The van der Waals surface area contributed by atoms with E-state index in [1.807, 2.05) is 47.4 Å². The first-order valence-corrected chi connectivity index (χ1v) is 9.21. The van der Waals surface area contributed by atoms with Crippen LogP contribution in [0.1, 0.15) is 28.5 Å². The van der Waals surface area contributed by atoms with E-state index in [0.717, 1.165) is 17.7 Å². The van der Waals surface area contributed by atoms with Crippen LogP contribution in [0.15, 0.2) is 60.9 Å². The summed E-state index contributed by atoms with van der Waals surface area (Å²) in [5, 5.41) is 3.93. The van der Waals surface area contributed by atoms with Crippen LogP contribution in [0.2, 0.25) is 5.02 Å². The van der Waals surface area contributed by atoms with Gasteiger partial charge in [-0.25, -0.2) is 9.97 Å². The molecule has 0 saturated heterocycles. The van der Waals surface area contributed by atoms with Gasteiger partial charge in [0.25, 0.3) is 5.91 Å². The molecule has 2 heterocycles. The molecule has 0 spiro atoms. The summed E-state index contributed by atoms with van der Waals surface area (Å²) in [7, 11) is 0. The molecule has 0 fully saturated rings. The van der Waals surface area contributed by atoms with E-state index in [9.17, 15) is 4.79 Å². The monoisotopic (exact) mass is 378 g/mol. The van der Waals surface area contributed by atoms with Gasteiger partial charge in [0.05, 0.1) is 0 Å². The number of anilines is 2. The number of carbonyl (C=O) groups excluding carboxylic acids is 1. The van der Waals surface area contributed by atoms with Gasteiger partial charge < -0.3 is 10.2 Å². The number of amides is 1. The molecule has 1 aromatic heterocycles. The topological polar surface area (TPSA) is 58.1 Å². The van der Waals surface area contributed by atoms with Gasteiger partial charge in [-0.1, -0.05) is 41.9 Å². The standard InChI is InChI=1S/C21H19ClN4O/c1-14-10-16-4-2-3-5-19(16)26(14)21(27)18-11-20(25-13-24-18)23-12-15-6-8-17(22)9-7-15/h2-9,11,13-14H,10,12H2,1H3,(H,23,24,25). The van der Waals surface area contributed by atoms with Crippen molar-refractivity contribution in [2.75, 3.05) is 10.2 Å². The fraction of sp³-hybridized carbons (Fsp3) is 0.190. The van der Waals surface area contributed by atoms with Crippen LogP contribution < -0.4 is 10.2 Å². The van der Waals surface area contributed by atoms with Crippen molar-refractivity contribution >= 4 is 29.0 Å². The number of halogens is 1. The van der Waals surface area contributed by atoms with Gasteiger partial charge in [0.1, 0.15) is 17.8 Å². The van der Waals surface area contributed by atoms with Crippen molar-refractivity contribution in [3.8, 4) is 0 Å². The molecule has 4 rings (SSSR count). The number of para-hydroxylation sites is 1. The highest BCUT2D eigenvalue weighted by Crippen LogP contribution is 2.32. The van der Waals surface area contributed by atoms with Crippen molar-refractivity contribution in [2.45, 2.75) is 25.9 Å². The van der Waals surface area contributed by atoms with Gasteiger partial charge in [-0.05, 0) is 42.7 Å². The third kappa shape index (κ3) is 3.64. The molecule has 2 aromatic carbocycles. The third-order valence-corrected chi connectivity index (χ3v) is 4.95. The van der Waals surface area contributed by atoms with Crippen LogP contribution >= 0.6 is 11.6 Å². The lowest BCUT2D eigenvalue weighted by molar-refractivity contribution is 0.0976. The molecular weight excluding hydrogens is 360 g/mol. The Bertz CT molecular complexity index is 974. The van der Waals surface area contributed by atoms with Crippen LogP contribution in [0.25, 0.3) is 0 Å². The second-order valence-electron chi connectivity index (χ2n) is 6.63. The van der Waals surface area contributed by atoms with E-state index >= 15 is 0 Å². The average molecular weight is 379 g/mol. The molecule has 1 unspecified atom stereocenters. The lowest BCUT2D eigenvalue weighted by Gasteiger charge is -2.22. The van der Waals surface area contributed by atoms with Crippen LogP contribution in [0.4, 0.5) is 11.5 Å². The minimum atomic E-state index is -0.107. The van der Waals surface area contributed by atoms with E-state index in [-0.39, 0.29) is 11.9 Å². The largest absolute Gasteiger partial charge is 0.366 e. The summed E-state index contributed by atoms with van der Waals surface area (Å²) < 4.78 is 0. The lowest BCUT2D eigenvalue weighted by atomic mass is 10.1. The molecule has 1 N–H and O–H groups in total. The molecule has 6 heteroatoms. The maximum atomic E-state index is 13.1. The number of hydrogen-bond donors (Lipinski definition) is 1. The first-order valence-electron chi connectivity index (χ1n) is 8.83. The Morgan fingerprint density at radius 2 is 1.96 bits per heavy atom. The van der Waals surface area contributed by atoms with Crippen molar-refractivity contribution in [1.82, 2.24) is 9.97 Å². The number of hydrogen-bond acceptors (Lipinski definition) is 4. The first-order chi connectivity index (χ1) is 13.1. The molecule has 136 valence electrons. The molecular formula is C21H19ClN4O. The number of nitrogens with zero attached hydrogens (tertiary/aromatic N) is 3. The van der Waals surface area contributed by atoms with E-state index < -0.39 is 0 Å². The molecule has 1 atom stereocenters. The fourth-order valence-electron chi connectivity index (χ4n) is 3.36. The molecule has 1 amide bonds. The maximum Gasteiger partial charge on any atom is 0.277 e. The SMILES string of the molecule is CC1Cc2ccccc2N1C(=O)c1cc(NCc2ccc(Cl)cc2)ncn1. The number of nitrogens with one attached hydrogen (secondary N) is 1. The molecule has 0 radical (unpaired) electrons. The van der Waals surface area contributed by atoms with Crippen LogP contribution in [0.5, 0.6) is 0 Å². The van der Waals surface area contributed by atoms with Crippen LogP contribution in [0, 0.1) is 0 Å². The van der Waals surface area contributed by atoms with Gasteiger partial charge >= 0.3 is 0 Å². The van der Waals surface area contributed by atoms with E-state index in [0.29, 0.717) is 23.1 Å². The van der Waals surface area contributed by atoms with Crippen LogP contribution in [0.3, 0.4) is 0 Å². The third-order valence-electron chi connectivity index (χ3n) is 4.70. The maximum absolute atomic E-state index is 13.1. The Balaban J connectivity index is 1.52. The number of fused-ring (bicyclic) bond motifs is 1. The average Bonchev–Trinajstić information content (AvgIpc) is 3.03. The molecule has 1 aliphatic rings. The Morgan fingerprint density at radius 1 is 1.19 bits per heavy atom. The van der Waals surface area contributed by atoms with Gasteiger partial charge in [-0.15, -0.1) is 0 Å². The van der Waals surface area contributed by atoms with E-state index in [4.69, 9.17) is 11.6 Å². The number of aromatic nitrogens is 2. The van der Waals surface area contributed by atoms with Gasteiger partial charge in [0.2, 0.25) is 0 Å². The second kappa shape index (κ2) is 7.37. The van der Waals surface area contributed by atoms with Crippen LogP contribution in [-0.4, -0.2) is 21.9 Å². The van der Waals surface area contributed by atoms with E-state index in [1.165, 1.54) is 11.9 Å². The minimum absolute atomic E-state index is 0.107. The van der Waals surface area contributed by atoms with Gasteiger partial charge in [0.15, 0.2) is 0 Å². The van der Waals surface area contributed by atoms with E-state index in [2.05, 4.69) is 28.3 Å². The minimum Gasteiger partial charge on any atom is -0.366 e. The molecule has 0 saturated carbocycles. The van der Waals surface area contributed by atoms with Crippen molar-refractivity contribution in [3.05, 3.63) is 82.8 Å². The first kappa shape index (κ1) is 17.5. The van der Waals surface area contributed by atoms with E-state index in [1.54, 1.807) is 6.07 Å².